The summed E-state index contributed by atoms with van der Waals surface area (Å²) in [4.78, 5) is 10.4. The lowest BCUT2D eigenvalue weighted by atomic mass is 9.94. The third kappa shape index (κ3) is 3.19. The van der Waals surface area contributed by atoms with E-state index in [1.165, 1.54) is 0 Å². The van der Waals surface area contributed by atoms with Crippen molar-refractivity contribution in [2.45, 2.75) is 37.8 Å². The molecule has 0 radical (unpaired) electrons. The first-order chi connectivity index (χ1) is 5.68. The van der Waals surface area contributed by atoms with Crippen LogP contribution in [0.4, 0.5) is 0 Å². The number of primary amides is 1. The van der Waals surface area contributed by atoms with Crippen molar-refractivity contribution in [3.05, 3.63) is 0 Å². The van der Waals surface area contributed by atoms with Gasteiger partial charge in [0.1, 0.15) is 6.61 Å². The molecule has 1 aliphatic rings. The molecule has 1 amide bonds. The second-order valence-corrected chi connectivity index (χ2v) is 3.33. The molecule has 4 N–H and O–H groups in total. The quantitative estimate of drug-likeness (QED) is 0.616. The number of carbonyl (C=O) groups is 1. The Morgan fingerprint density at radius 1 is 1.50 bits per heavy atom. The fourth-order valence-electron chi connectivity index (χ4n) is 1.53. The van der Waals surface area contributed by atoms with Gasteiger partial charge in [-0.15, -0.1) is 0 Å². The Balaban J connectivity index is 2.18. The Kier molecular flexibility index (Phi) is 3.49. The van der Waals surface area contributed by atoms with Gasteiger partial charge in [0, 0.05) is 6.04 Å². The molecule has 0 aromatic heterocycles. The minimum atomic E-state index is -0.408. The molecule has 70 valence electrons. The van der Waals surface area contributed by atoms with Gasteiger partial charge in [0.05, 0.1) is 6.10 Å². The van der Waals surface area contributed by atoms with Crippen molar-refractivity contribution in [2.75, 3.05) is 6.61 Å². The number of amides is 1. The van der Waals surface area contributed by atoms with Gasteiger partial charge in [0.15, 0.2) is 0 Å². The average Bonchev–Trinajstić information content (AvgIpc) is 2.01. The van der Waals surface area contributed by atoms with Crippen molar-refractivity contribution in [1.29, 1.82) is 0 Å². The first-order valence-electron chi connectivity index (χ1n) is 4.34. The van der Waals surface area contributed by atoms with Crippen molar-refractivity contribution >= 4 is 5.91 Å². The molecule has 4 heteroatoms. The van der Waals surface area contributed by atoms with Crippen LogP contribution in [0, 0.1) is 0 Å². The first-order valence-corrected chi connectivity index (χ1v) is 4.34. The third-order valence-electron chi connectivity index (χ3n) is 2.13. The molecule has 0 heterocycles. The molecule has 0 aromatic rings. The Hall–Kier alpha value is -0.610. The highest BCUT2D eigenvalue weighted by Gasteiger charge is 2.19. The zero-order chi connectivity index (χ0) is 8.97. The number of hydrogen-bond acceptors (Lipinski definition) is 3. The van der Waals surface area contributed by atoms with E-state index in [4.69, 9.17) is 16.2 Å². The number of carbonyl (C=O) groups excluding carboxylic acids is 1. The van der Waals surface area contributed by atoms with Gasteiger partial charge in [-0.05, 0) is 25.7 Å². The Morgan fingerprint density at radius 2 is 2.25 bits per heavy atom. The summed E-state index contributed by atoms with van der Waals surface area (Å²) in [6.45, 7) is 0.0252. The fourth-order valence-corrected chi connectivity index (χ4v) is 1.53. The predicted octanol–water partition coefficient (Wildman–Crippen LogP) is -0.242. The highest BCUT2D eigenvalue weighted by atomic mass is 16.5. The smallest absolute Gasteiger partial charge is 0.243 e. The zero-order valence-electron chi connectivity index (χ0n) is 7.16. The van der Waals surface area contributed by atoms with Crippen LogP contribution < -0.4 is 11.5 Å². The van der Waals surface area contributed by atoms with E-state index in [9.17, 15) is 4.79 Å². The maximum absolute atomic E-state index is 10.4. The van der Waals surface area contributed by atoms with Gasteiger partial charge in [0.2, 0.25) is 5.91 Å². The average molecular weight is 172 g/mol. The first kappa shape index (κ1) is 9.48. The van der Waals surface area contributed by atoms with Gasteiger partial charge < -0.3 is 16.2 Å². The summed E-state index contributed by atoms with van der Waals surface area (Å²) in [6.07, 6.45) is 4.15. The molecule has 2 atom stereocenters. The second-order valence-electron chi connectivity index (χ2n) is 3.33. The van der Waals surface area contributed by atoms with Crippen molar-refractivity contribution in [2.24, 2.45) is 11.5 Å². The molecule has 1 fully saturated rings. The minimum absolute atomic E-state index is 0.0252. The van der Waals surface area contributed by atoms with Crippen LogP contribution in [0.15, 0.2) is 0 Å². The summed E-state index contributed by atoms with van der Waals surface area (Å²) in [7, 11) is 0. The van der Waals surface area contributed by atoms with E-state index in [0.29, 0.717) is 0 Å². The summed E-state index contributed by atoms with van der Waals surface area (Å²) >= 11 is 0. The summed E-state index contributed by atoms with van der Waals surface area (Å²) < 4.78 is 5.26. The van der Waals surface area contributed by atoms with E-state index in [2.05, 4.69) is 0 Å². The summed E-state index contributed by atoms with van der Waals surface area (Å²) in [6, 6.07) is 0.233. The highest BCUT2D eigenvalue weighted by molar-refractivity contribution is 5.75. The van der Waals surface area contributed by atoms with Gasteiger partial charge in [0.25, 0.3) is 0 Å². The van der Waals surface area contributed by atoms with Crippen molar-refractivity contribution in [1.82, 2.24) is 0 Å². The molecule has 1 rings (SSSR count). The Morgan fingerprint density at radius 3 is 2.83 bits per heavy atom. The Bertz CT molecular complexity index is 161. The molecule has 0 aromatic carbocycles. The minimum Gasteiger partial charge on any atom is -0.368 e. The molecular formula is C8H16N2O2. The van der Waals surface area contributed by atoms with Crippen molar-refractivity contribution < 1.29 is 9.53 Å². The summed E-state index contributed by atoms with van der Waals surface area (Å²) in [5, 5.41) is 0. The van der Waals surface area contributed by atoms with E-state index < -0.39 is 5.91 Å². The maximum Gasteiger partial charge on any atom is 0.243 e. The fraction of sp³-hybridized carbons (Fsp3) is 0.875. The van der Waals surface area contributed by atoms with E-state index in [1.54, 1.807) is 0 Å². The van der Waals surface area contributed by atoms with Crippen LogP contribution in [-0.2, 0) is 9.53 Å². The van der Waals surface area contributed by atoms with Gasteiger partial charge in [-0.3, -0.25) is 4.79 Å². The number of ether oxygens (including phenoxy) is 1. The molecule has 2 unspecified atom stereocenters. The van der Waals surface area contributed by atoms with Crippen LogP contribution in [0.25, 0.3) is 0 Å². The normalized spacial score (nSPS) is 30.1. The van der Waals surface area contributed by atoms with Crippen molar-refractivity contribution in [3.63, 3.8) is 0 Å². The van der Waals surface area contributed by atoms with E-state index in [-0.39, 0.29) is 18.8 Å². The van der Waals surface area contributed by atoms with Crippen molar-refractivity contribution in [3.8, 4) is 0 Å². The Labute approximate surface area is 72.2 Å². The highest BCUT2D eigenvalue weighted by Crippen LogP contribution is 2.19. The lowest BCUT2D eigenvalue weighted by Gasteiger charge is -2.26. The SMILES string of the molecule is NC(=O)COC1CCCC(N)C1. The largest absolute Gasteiger partial charge is 0.368 e. The van der Waals surface area contributed by atoms with Gasteiger partial charge in [-0.25, -0.2) is 0 Å². The van der Waals surface area contributed by atoms with Gasteiger partial charge >= 0.3 is 0 Å². The molecule has 0 spiro atoms. The summed E-state index contributed by atoms with van der Waals surface area (Å²) in [5.74, 6) is -0.408. The lowest BCUT2D eigenvalue weighted by Crippen LogP contribution is -2.34. The second kappa shape index (κ2) is 4.42. The van der Waals surface area contributed by atoms with E-state index >= 15 is 0 Å². The predicted molar refractivity (Wildman–Crippen MR) is 45.4 cm³/mol. The maximum atomic E-state index is 10.4. The third-order valence-corrected chi connectivity index (χ3v) is 2.13. The topological polar surface area (TPSA) is 78.3 Å². The standard InChI is InChI=1S/C8H16N2O2/c9-6-2-1-3-7(4-6)12-5-8(10)11/h6-7H,1-5,9H2,(H2,10,11). The molecule has 12 heavy (non-hydrogen) atoms. The van der Waals surface area contributed by atoms with Gasteiger partial charge in [-0.1, -0.05) is 0 Å². The zero-order valence-corrected chi connectivity index (χ0v) is 7.16. The molecule has 0 saturated heterocycles. The van der Waals surface area contributed by atoms with E-state index in [0.717, 1.165) is 25.7 Å². The molecule has 1 aliphatic carbocycles. The molecule has 0 aliphatic heterocycles. The van der Waals surface area contributed by atoms with Crippen LogP contribution >= 0.6 is 0 Å². The summed E-state index contributed by atoms with van der Waals surface area (Å²) in [5.41, 5.74) is 10.7. The molecule has 4 nitrogen and oxygen atoms in total. The number of rotatable bonds is 3. The van der Waals surface area contributed by atoms with Crippen LogP contribution in [-0.4, -0.2) is 24.7 Å². The molecule has 1 saturated carbocycles. The number of nitrogens with two attached hydrogens (primary N) is 2. The number of hydrogen-bond donors (Lipinski definition) is 2. The van der Waals surface area contributed by atoms with Crippen LogP contribution in [0.3, 0.4) is 0 Å². The lowest BCUT2D eigenvalue weighted by molar-refractivity contribution is -0.125. The molecular weight excluding hydrogens is 156 g/mol. The van der Waals surface area contributed by atoms with E-state index in [1.807, 2.05) is 0 Å². The van der Waals surface area contributed by atoms with Gasteiger partial charge in [-0.2, -0.15) is 0 Å². The van der Waals surface area contributed by atoms with Crippen LogP contribution in [0.5, 0.6) is 0 Å². The van der Waals surface area contributed by atoms with Crippen LogP contribution in [0.2, 0.25) is 0 Å². The monoisotopic (exact) mass is 172 g/mol. The van der Waals surface area contributed by atoms with Crippen LogP contribution in [0.1, 0.15) is 25.7 Å². The molecule has 0 bridgehead atoms.